The standard InChI is InChI=1S/C8H14N2O/c1-6(2)9-4-8-5-11-7(3)10-8/h5-6,9H,4H2,1-3H3. The van der Waals surface area contributed by atoms with E-state index in [-0.39, 0.29) is 0 Å². The lowest BCUT2D eigenvalue weighted by molar-refractivity contribution is 0.518. The van der Waals surface area contributed by atoms with Crippen LogP contribution < -0.4 is 5.32 Å². The third kappa shape index (κ3) is 2.72. The van der Waals surface area contributed by atoms with Crippen molar-refractivity contribution in [2.45, 2.75) is 33.4 Å². The molecule has 3 nitrogen and oxygen atoms in total. The van der Waals surface area contributed by atoms with Crippen LogP contribution in [-0.2, 0) is 6.54 Å². The van der Waals surface area contributed by atoms with Crippen molar-refractivity contribution in [2.75, 3.05) is 0 Å². The maximum atomic E-state index is 5.05. The van der Waals surface area contributed by atoms with Gasteiger partial charge < -0.3 is 9.73 Å². The second-order valence-corrected chi connectivity index (χ2v) is 2.89. The number of aromatic nitrogens is 1. The van der Waals surface area contributed by atoms with Gasteiger partial charge in [0.15, 0.2) is 5.89 Å². The van der Waals surface area contributed by atoms with Crippen LogP contribution >= 0.6 is 0 Å². The molecule has 11 heavy (non-hydrogen) atoms. The molecule has 0 aliphatic rings. The molecule has 0 saturated heterocycles. The van der Waals surface area contributed by atoms with Gasteiger partial charge in [-0.25, -0.2) is 4.98 Å². The molecule has 0 amide bonds. The fraction of sp³-hybridized carbons (Fsp3) is 0.625. The first-order valence-corrected chi connectivity index (χ1v) is 3.83. The SMILES string of the molecule is Cc1nc(CNC(C)C)co1. The van der Waals surface area contributed by atoms with E-state index in [4.69, 9.17) is 4.42 Å². The Hall–Kier alpha value is -0.830. The van der Waals surface area contributed by atoms with E-state index in [1.165, 1.54) is 0 Å². The van der Waals surface area contributed by atoms with Crippen LogP contribution in [0.4, 0.5) is 0 Å². The third-order valence-electron chi connectivity index (χ3n) is 1.36. The highest BCUT2D eigenvalue weighted by molar-refractivity contribution is 4.94. The molecule has 0 radical (unpaired) electrons. The molecule has 1 rings (SSSR count). The van der Waals surface area contributed by atoms with Gasteiger partial charge in [-0.2, -0.15) is 0 Å². The number of hydrogen-bond donors (Lipinski definition) is 1. The quantitative estimate of drug-likeness (QED) is 0.716. The number of hydrogen-bond acceptors (Lipinski definition) is 3. The molecule has 0 unspecified atom stereocenters. The zero-order valence-corrected chi connectivity index (χ0v) is 7.22. The molecule has 1 heterocycles. The van der Waals surface area contributed by atoms with Gasteiger partial charge in [-0.15, -0.1) is 0 Å². The van der Waals surface area contributed by atoms with E-state index in [0.717, 1.165) is 18.1 Å². The van der Waals surface area contributed by atoms with Crippen LogP contribution in [0.3, 0.4) is 0 Å². The van der Waals surface area contributed by atoms with Crippen LogP contribution in [0.15, 0.2) is 10.7 Å². The van der Waals surface area contributed by atoms with Gasteiger partial charge in [-0.05, 0) is 0 Å². The Bertz CT molecular complexity index is 218. The van der Waals surface area contributed by atoms with Crippen LogP contribution in [-0.4, -0.2) is 11.0 Å². The van der Waals surface area contributed by atoms with Crippen molar-refractivity contribution < 1.29 is 4.42 Å². The predicted molar refractivity (Wildman–Crippen MR) is 43.2 cm³/mol. The highest BCUT2D eigenvalue weighted by Gasteiger charge is 1.99. The van der Waals surface area contributed by atoms with E-state index in [1.54, 1.807) is 6.26 Å². The lowest BCUT2D eigenvalue weighted by Gasteiger charge is -2.03. The van der Waals surface area contributed by atoms with Gasteiger partial charge in [0, 0.05) is 19.5 Å². The van der Waals surface area contributed by atoms with E-state index < -0.39 is 0 Å². The number of oxazole rings is 1. The first kappa shape index (κ1) is 8.27. The Morgan fingerprint density at radius 2 is 2.36 bits per heavy atom. The Labute approximate surface area is 66.8 Å². The maximum absolute atomic E-state index is 5.05. The lowest BCUT2D eigenvalue weighted by atomic mass is 10.4. The van der Waals surface area contributed by atoms with Crippen molar-refractivity contribution in [3.05, 3.63) is 17.8 Å². The van der Waals surface area contributed by atoms with Gasteiger partial charge in [-0.1, -0.05) is 13.8 Å². The highest BCUT2D eigenvalue weighted by Crippen LogP contribution is 1.99. The summed E-state index contributed by atoms with van der Waals surface area (Å²) in [7, 11) is 0. The van der Waals surface area contributed by atoms with Gasteiger partial charge in [0.1, 0.15) is 6.26 Å². The topological polar surface area (TPSA) is 38.1 Å². The molecular formula is C8H14N2O. The molecule has 1 aromatic rings. The summed E-state index contributed by atoms with van der Waals surface area (Å²) in [6.07, 6.45) is 1.69. The van der Waals surface area contributed by atoms with Gasteiger partial charge in [0.25, 0.3) is 0 Å². The molecule has 0 aromatic carbocycles. The molecule has 0 spiro atoms. The number of rotatable bonds is 3. The number of aryl methyl sites for hydroxylation is 1. The summed E-state index contributed by atoms with van der Waals surface area (Å²) < 4.78 is 5.05. The van der Waals surface area contributed by atoms with Crippen molar-refractivity contribution >= 4 is 0 Å². The molecule has 0 aliphatic carbocycles. The van der Waals surface area contributed by atoms with Gasteiger partial charge in [0.2, 0.25) is 0 Å². The van der Waals surface area contributed by atoms with E-state index in [9.17, 15) is 0 Å². The molecule has 3 heteroatoms. The Balaban J connectivity index is 2.39. The third-order valence-corrected chi connectivity index (χ3v) is 1.36. The van der Waals surface area contributed by atoms with Crippen LogP contribution in [0.25, 0.3) is 0 Å². The first-order valence-electron chi connectivity index (χ1n) is 3.83. The minimum Gasteiger partial charge on any atom is -0.449 e. The summed E-state index contributed by atoms with van der Waals surface area (Å²) in [6, 6.07) is 0.493. The van der Waals surface area contributed by atoms with Crippen LogP contribution in [0.1, 0.15) is 25.4 Å². The highest BCUT2D eigenvalue weighted by atomic mass is 16.3. The van der Waals surface area contributed by atoms with Crippen LogP contribution in [0.2, 0.25) is 0 Å². The largest absolute Gasteiger partial charge is 0.449 e. The zero-order valence-electron chi connectivity index (χ0n) is 7.22. The monoisotopic (exact) mass is 154 g/mol. The first-order chi connectivity index (χ1) is 5.18. The van der Waals surface area contributed by atoms with E-state index in [2.05, 4.69) is 24.1 Å². The summed E-state index contributed by atoms with van der Waals surface area (Å²) in [5, 5.41) is 3.25. The van der Waals surface area contributed by atoms with Crippen molar-refractivity contribution in [3.63, 3.8) is 0 Å². The average molecular weight is 154 g/mol. The van der Waals surface area contributed by atoms with E-state index in [1.807, 2.05) is 6.92 Å². The van der Waals surface area contributed by atoms with Crippen molar-refractivity contribution in [2.24, 2.45) is 0 Å². The maximum Gasteiger partial charge on any atom is 0.191 e. The minimum absolute atomic E-state index is 0.493. The second-order valence-electron chi connectivity index (χ2n) is 2.89. The predicted octanol–water partition coefficient (Wildman–Crippen LogP) is 1.48. The minimum atomic E-state index is 0.493. The molecule has 1 N–H and O–H groups in total. The molecule has 0 aliphatic heterocycles. The molecule has 0 bridgehead atoms. The van der Waals surface area contributed by atoms with Crippen molar-refractivity contribution in [1.82, 2.24) is 10.3 Å². The average Bonchev–Trinajstić information content (AvgIpc) is 2.31. The Morgan fingerprint density at radius 3 is 2.82 bits per heavy atom. The zero-order chi connectivity index (χ0) is 8.27. The Morgan fingerprint density at radius 1 is 1.64 bits per heavy atom. The smallest absolute Gasteiger partial charge is 0.191 e. The molecular weight excluding hydrogens is 140 g/mol. The van der Waals surface area contributed by atoms with Gasteiger partial charge >= 0.3 is 0 Å². The summed E-state index contributed by atoms with van der Waals surface area (Å²) in [5.74, 6) is 0.727. The summed E-state index contributed by atoms with van der Waals surface area (Å²) in [4.78, 5) is 4.15. The van der Waals surface area contributed by atoms with Crippen molar-refractivity contribution in [3.8, 4) is 0 Å². The summed E-state index contributed by atoms with van der Waals surface area (Å²) >= 11 is 0. The summed E-state index contributed by atoms with van der Waals surface area (Å²) in [5.41, 5.74) is 0.969. The van der Waals surface area contributed by atoms with E-state index >= 15 is 0 Å². The molecule has 0 atom stereocenters. The lowest BCUT2D eigenvalue weighted by Crippen LogP contribution is -2.21. The second kappa shape index (κ2) is 3.53. The van der Waals surface area contributed by atoms with Crippen molar-refractivity contribution in [1.29, 1.82) is 0 Å². The molecule has 0 fully saturated rings. The van der Waals surface area contributed by atoms with Gasteiger partial charge in [0.05, 0.1) is 5.69 Å². The molecule has 1 aromatic heterocycles. The van der Waals surface area contributed by atoms with Gasteiger partial charge in [-0.3, -0.25) is 0 Å². The van der Waals surface area contributed by atoms with E-state index in [0.29, 0.717) is 6.04 Å². The van der Waals surface area contributed by atoms with Crippen LogP contribution in [0.5, 0.6) is 0 Å². The fourth-order valence-electron chi connectivity index (χ4n) is 0.798. The number of nitrogens with one attached hydrogen (secondary N) is 1. The summed E-state index contributed by atoms with van der Waals surface area (Å²) in [6.45, 7) is 6.84. The fourth-order valence-corrected chi connectivity index (χ4v) is 0.798. The normalized spacial score (nSPS) is 10.9. The Kier molecular flexibility index (Phi) is 2.65. The van der Waals surface area contributed by atoms with Crippen LogP contribution in [0, 0.1) is 6.92 Å². The number of nitrogens with zero attached hydrogens (tertiary/aromatic N) is 1. The molecule has 62 valence electrons. The molecule has 0 saturated carbocycles.